The number of aromatic nitrogens is 1. The summed E-state index contributed by atoms with van der Waals surface area (Å²) in [7, 11) is 2.12. The second-order valence-corrected chi connectivity index (χ2v) is 5.11. The molecule has 0 N–H and O–H groups in total. The zero-order valence-corrected chi connectivity index (χ0v) is 10.5. The van der Waals surface area contributed by atoms with Crippen LogP contribution in [0, 0.1) is 0 Å². The molecule has 0 unspecified atom stereocenters. The van der Waals surface area contributed by atoms with Crippen LogP contribution in [0.4, 0.5) is 0 Å². The first-order valence-electron chi connectivity index (χ1n) is 6.47. The molecule has 0 amide bonds. The average Bonchev–Trinajstić information content (AvgIpc) is 2.65. The van der Waals surface area contributed by atoms with Gasteiger partial charge in [0.1, 0.15) is 0 Å². The van der Waals surface area contributed by atoms with Crippen molar-refractivity contribution in [3.63, 3.8) is 0 Å². The minimum atomic E-state index is 0.701. The molecule has 0 bridgehead atoms. The molecule has 2 aliphatic heterocycles. The van der Waals surface area contributed by atoms with E-state index in [-0.39, 0.29) is 0 Å². The highest BCUT2D eigenvalue weighted by Gasteiger charge is 2.28. The lowest BCUT2D eigenvalue weighted by Gasteiger charge is -2.42. The Morgan fingerprint density at radius 1 is 1.24 bits per heavy atom. The maximum atomic E-state index is 5.26. The number of hydrogen-bond acceptors (Lipinski definition) is 3. The van der Waals surface area contributed by atoms with Crippen LogP contribution in [0.1, 0.15) is 5.69 Å². The lowest BCUT2D eigenvalue weighted by molar-refractivity contribution is -0.0775. The average molecular weight is 235 g/mol. The van der Waals surface area contributed by atoms with E-state index in [1.165, 1.54) is 31.9 Å². The highest BCUT2D eigenvalue weighted by atomic mass is 16.5. The Balaban J connectivity index is 1.49. The van der Waals surface area contributed by atoms with Gasteiger partial charge >= 0.3 is 0 Å². The molecule has 3 heterocycles. The van der Waals surface area contributed by atoms with Crippen molar-refractivity contribution in [2.75, 3.05) is 39.4 Å². The summed E-state index contributed by atoms with van der Waals surface area (Å²) in [6, 6.07) is 5.04. The van der Waals surface area contributed by atoms with Crippen LogP contribution in [-0.4, -0.2) is 59.8 Å². The zero-order chi connectivity index (χ0) is 11.7. The fourth-order valence-corrected chi connectivity index (χ4v) is 2.61. The first kappa shape index (κ1) is 11.3. The Bertz CT molecular complexity index is 364. The van der Waals surface area contributed by atoms with Crippen molar-refractivity contribution in [2.45, 2.75) is 12.6 Å². The third-order valence-corrected chi connectivity index (χ3v) is 3.98. The van der Waals surface area contributed by atoms with E-state index in [9.17, 15) is 0 Å². The molecule has 3 rings (SSSR count). The first-order chi connectivity index (χ1) is 8.33. The molecule has 0 saturated carbocycles. The maximum Gasteiger partial charge on any atom is 0.0645 e. The second-order valence-electron chi connectivity index (χ2n) is 5.11. The van der Waals surface area contributed by atoms with E-state index >= 15 is 0 Å². The standard InChI is InChI=1S/C13H21N3O/c1-14-4-2-3-12(14)9-15-5-7-16(8-6-15)13-10-17-11-13/h2-4,13H,5-11H2,1H3. The van der Waals surface area contributed by atoms with Crippen LogP contribution in [0.3, 0.4) is 0 Å². The molecule has 2 fully saturated rings. The van der Waals surface area contributed by atoms with E-state index in [1.54, 1.807) is 0 Å². The van der Waals surface area contributed by atoms with E-state index in [0.717, 1.165) is 19.8 Å². The highest BCUT2D eigenvalue weighted by Crippen LogP contribution is 2.14. The molecule has 4 nitrogen and oxygen atoms in total. The SMILES string of the molecule is Cn1cccc1CN1CCN(C2COC2)CC1. The maximum absolute atomic E-state index is 5.26. The van der Waals surface area contributed by atoms with Gasteiger partial charge in [-0.05, 0) is 12.1 Å². The molecule has 4 heteroatoms. The van der Waals surface area contributed by atoms with Crippen molar-refractivity contribution in [3.8, 4) is 0 Å². The fourth-order valence-electron chi connectivity index (χ4n) is 2.61. The van der Waals surface area contributed by atoms with Gasteiger partial charge in [0.2, 0.25) is 0 Å². The Morgan fingerprint density at radius 3 is 2.53 bits per heavy atom. The van der Waals surface area contributed by atoms with E-state index < -0.39 is 0 Å². The van der Waals surface area contributed by atoms with Crippen molar-refractivity contribution >= 4 is 0 Å². The zero-order valence-electron chi connectivity index (χ0n) is 10.5. The van der Waals surface area contributed by atoms with Crippen LogP contribution in [0.2, 0.25) is 0 Å². The Morgan fingerprint density at radius 2 is 2.00 bits per heavy atom. The molecule has 1 aromatic rings. The summed E-state index contributed by atoms with van der Waals surface area (Å²) < 4.78 is 7.47. The largest absolute Gasteiger partial charge is 0.378 e. The van der Waals surface area contributed by atoms with E-state index in [0.29, 0.717) is 6.04 Å². The topological polar surface area (TPSA) is 20.6 Å². The van der Waals surface area contributed by atoms with Crippen molar-refractivity contribution in [1.82, 2.24) is 14.4 Å². The molecule has 94 valence electrons. The second kappa shape index (κ2) is 4.80. The van der Waals surface area contributed by atoms with Crippen LogP contribution < -0.4 is 0 Å². The van der Waals surface area contributed by atoms with Gasteiger partial charge in [0.25, 0.3) is 0 Å². The summed E-state index contributed by atoms with van der Waals surface area (Å²) in [5.41, 5.74) is 1.41. The molecular formula is C13H21N3O. The van der Waals surface area contributed by atoms with Crippen molar-refractivity contribution in [1.29, 1.82) is 0 Å². The number of aryl methyl sites for hydroxylation is 1. The number of piperazine rings is 1. The molecule has 2 saturated heterocycles. The molecule has 0 atom stereocenters. The van der Waals surface area contributed by atoms with Gasteiger partial charge in [0.15, 0.2) is 0 Å². The predicted molar refractivity (Wildman–Crippen MR) is 66.9 cm³/mol. The first-order valence-corrected chi connectivity index (χ1v) is 6.47. The molecule has 17 heavy (non-hydrogen) atoms. The quantitative estimate of drug-likeness (QED) is 0.763. The number of rotatable bonds is 3. The highest BCUT2D eigenvalue weighted by molar-refractivity contribution is 5.06. The smallest absolute Gasteiger partial charge is 0.0645 e. The van der Waals surface area contributed by atoms with Gasteiger partial charge in [-0.25, -0.2) is 0 Å². The third-order valence-electron chi connectivity index (χ3n) is 3.98. The molecule has 1 aromatic heterocycles. The van der Waals surface area contributed by atoms with Gasteiger partial charge in [0.05, 0.1) is 19.3 Å². The molecule has 0 radical (unpaired) electrons. The van der Waals surface area contributed by atoms with E-state index in [4.69, 9.17) is 4.74 Å². The summed E-state index contributed by atoms with van der Waals surface area (Å²) in [5, 5.41) is 0. The molecule has 2 aliphatic rings. The number of hydrogen-bond donors (Lipinski definition) is 0. The van der Waals surface area contributed by atoms with Crippen LogP contribution in [0.5, 0.6) is 0 Å². The molecule has 0 aromatic carbocycles. The van der Waals surface area contributed by atoms with E-state index in [2.05, 4.69) is 39.7 Å². The van der Waals surface area contributed by atoms with Gasteiger partial charge in [0, 0.05) is 51.7 Å². The molecule has 0 aliphatic carbocycles. The lowest BCUT2D eigenvalue weighted by Crippen LogP contribution is -2.56. The van der Waals surface area contributed by atoms with Gasteiger partial charge in [-0.2, -0.15) is 0 Å². The normalized spacial score (nSPS) is 23.8. The summed E-state index contributed by atoms with van der Waals surface area (Å²) in [5.74, 6) is 0. The minimum absolute atomic E-state index is 0.701. The lowest BCUT2D eigenvalue weighted by atomic mass is 10.2. The third kappa shape index (κ3) is 2.39. The minimum Gasteiger partial charge on any atom is -0.378 e. The van der Waals surface area contributed by atoms with Crippen molar-refractivity contribution in [2.24, 2.45) is 7.05 Å². The van der Waals surface area contributed by atoms with Crippen molar-refractivity contribution in [3.05, 3.63) is 24.0 Å². The van der Waals surface area contributed by atoms with Crippen LogP contribution in [0.15, 0.2) is 18.3 Å². The molecular weight excluding hydrogens is 214 g/mol. The van der Waals surface area contributed by atoms with Gasteiger partial charge in [-0.3, -0.25) is 9.80 Å². The van der Waals surface area contributed by atoms with Gasteiger partial charge < -0.3 is 9.30 Å². The number of nitrogens with zero attached hydrogens (tertiary/aromatic N) is 3. The summed E-state index contributed by atoms with van der Waals surface area (Å²) >= 11 is 0. The summed E-state index contributed by atoms with van der Waals surface area (Å²) in [6.45, 7) is 7.72. The predicted octanol–water partition coefficient (Wildman–Crippen LogP) is 0.541. The van der Waals surface area contributed by atoms with Crippen molar-refractivity contribution < 1.29 is 4.74 Å². The molecule has 0 spiro atoms. The summed E-state index contributed by atoms with van der Waals surface area (Å²) in [4.78, 5) is 5.12. The van der Waals surface area contributed by atoms with Crippen LogP contribution >= 0.6 is 0 Å². The monoisotopic (exact) mass is 235 g/mol. The Labute approximate surface area is 103 Å². The fraction of sp³-hybridized carbons (Fsp3) is 0.692. The Kier molecular flexibility index (Phi) is 3.18. The van der Waals surface area contributed by atoms with Crippen LogP contribution in [-0.2, 0) is 18.3 Å². The van der Waals surface area contributed by atoms with Gasteiger partial charge in [-0.1, -0.05) is 0 Å². The van der Waals surface area contributed by atoms with Gasteiger partial charge in [-0.15, -0.1) is 0 Å². The number of ether oxygens (including phenoxy) is 1. The Hall–Kier alpha value is -0.840. The summed E-state index contributed by atoms with van der Waals surface area (Å²) in [6.07, 6.45) is 2.12. The van der Waals surface area contributed by atoms with Crippen LogP contribution in [0.25, 0.3) is 0 Å². The van der Waals surface area contributed by atoms with E-state index in [1.807, 2.05) is 0 Å².